The van der Waals surface area contributed by atoms with E-state index in [0.29, 0.717) is 0 Å². The molecule has 16 heteroatoms. The van der Waals surface area contributed by atoms with Crippen LogP contribution in [0.5, 0.6) is 11.5 Å². The van der Waals surface area contributed by atoms with Crippen LogP contribution < -0.4 is 9.47 Å². The minimum absolute atomic E-state index is 0.0123. The van der Waals surface area contributed by atoms with E-state index in [4.69, 9.17) is 9.47 Å². The van der Waals surface area contributed by atoms with Crippen LogP contribution in [0.25, 0.3) is 0 Å². The Hall–Kier alpha value is -2.81. The SMILES string of the molecule is COc1cc2c(cc1OC)C(=O)C(O)(C(O)(O)C1(O)C(O)(O)C(O)(O)N(Cc3ccccc3)C(O)(O)C1(O)O)C2. The molecular formula is C24H29NO15. The number of ketones is 1. The van der Waals surface area contributed by atoms with E-state index in [1.165, 1.54) is 44.6 Å². The third-order valence-electron chi connectivity index (χ3n) is 7.64. The van der Waals surface area contributed by atoms with Crippen molar-refractivity contribution in [3.8, 4) is 11.5 Å². The first-order valence-corrected chi connectivity index (χ1v) is 11.5. The first-order chi connectivity index (χ1) is 18.2. The Morgan fingerprint density at radius 2 is 1.27 bits per heavy atom. The van der Waals surface area contributed by atoms with Crippen molar-refractivity contribution in [2.75, 3.05) is 14.2 Å². The van der Waals surface area contributed by atoms with Gasteiger partial charge in [0.25, 0.3) is 23.4 Å². The standard InChI is InChI=1S/C24H29NO15/c1-39-15-8-13-10-18(27,17(26)14(13)9-16(15)40-2)20(29,30)19(28)21(31,32)23(35,36)25(24(37,38)22(19,33)34)11-12-6-4-3-5-7-12/h3-9,27-38H,10-11H2,1-2H3. The molecule has 1 heterocycles. The lowest BCUT2D eigenvalue weighted by atomic mass is 9.63. The Balaban J connectivity index is 1.90. The lowest BCUT2D eigenvalue weighted by molar-refractivity contribution is -0.623. The first kappa shape index (κ1) is 30.2. The molecule has 1 fully saturated rings. The zero-order valence-electron chi connectivity index (χ0n) is 21.0. The average Bonchev–Trinajstić information content (AvgIpc) is 3.15. The van der Waals surface area contributed by atoms with Crippen LogP contribution in [0.2, 0.25) is 0 Å². The van der Waals surface area contributed by atoms with Gasteiger partial charge in [-0.2, -0.15) is 4.90 Å². The number of likely N-dealkylation sites (tertiary alicyclic amines) is 1. The molecule has 0 saturated carbocycles. The fraction of sp³-hybridized carbons (Fsp3) is 0.458. The van der Waals surface area contributed by atoms with E-state index in [0.717, 1.165) is 12.1 Å². The summed E-state index contributed by atoms with van der Waals surface area (Å²) in [7, 11) is 2.40. The minimum Gasteiger partial charge on any atom is -0.493 e. The number of hydrogen-bond acceptors (Lipinski definition) is 16. The van der Waals surface area contributed by atoms with Crippen molar-refractivity contribution in [2.24, 2.45) is 0 Å². The molecule has 2 aromatic carbocycles. The highest BCUT2D eigenvalue weighted by atomic mass is 16.7. The van der Waals surface area contributed by atoms with Gasteiger partial charge in [-0.1, -0.05) is 30.3 Å². The van der Waals surface area contributed by atoms with Gasteiger partial charge in [0, 0.05) is 18.5 Å². The molecule has 4 rings (SSSR count). The van der Waals surface area contributed by atoms with Crippen LogP contribution in [-0.4, -0.2) is 127 Å². The Labute approximate surface area is 225 Å². The summed E-state index contributed by atoms with van der Waals surface area (Å²) >= 11 is 0. The number of carbonyl (C=O) groups is 1. The van der Waals surface area contributed by atoms with Crippen LogP contribution in [0.1, 0.15) is 21.5 Å². The van der Waals surface area contributed by atoms with E-state index in [-0.39, 0.29) is 22.6 Å². The van der Waals surface area contributed by atoms with Crippen LogP contribution in [0.3, 0.4) is 0 Å². The normalized spacial score (nSPS) is 26.3. The average molecular weight is 571 g/mol. The minimum atomic E-state index is -5.17. The van der Waals surface area contributed by atoms with Crippen LogP contribution >= 0.6 is 0 Å². The van der Waals surface area contributed by atoms with Crippen molar-refractivity contribution in [2.45, 2.75) is 53.4 Å². The summed E-state index contributed by atoms with van der Waals surface area (Å²) in [6.07, 6.45) is -1.19. The number of fused-ring (bicyclic) bond motifs is 1. The summed E-state index contributed by atoms with van der Waals surface area (Å²) in [6, 6.07) is 8.92. The second-order valence-corrected chi connectivity index (χ2v) is 9.80. The molecule has 12 N–H and O–H groups in total. The van der Waals surface area contributed by atoms with Gasteiger partial charge >= 0.3 is 0 Å². The number of nitrogens with zero attached hydrogens (tertiary/aromatic N) is 1. The Morgan fingerprint density at radius 3 is 1.75 bits per heavy atom. The largest absolute Gasteiger partial charge is 0.493 e. The number of carbonyl (C=O) groups excluding carboxylic acids is 1. The van der Waals surface area contributed by atoms with Crippen molar-refractivity contribution in [1.29, 1.82) is 0 Å². The number of Topliss-reactive ketones (excluding diaryl/α,β-unsaturated/α-hetero) is 1. The number of rotatable bonds is 6. The van der Waals surface area contributed by atoms with Gasteiger partial charge in [0.05, 0.1) is 14.2 Å². The lowest BCUT2D eigenvalue weighted by Gasteiger charge is -2.66. The highest BCUT2D eigenvalue weighted by molar-refractivity contribution is 6.08. The molecule has 1 unspecified atom stereocenters. The third-order valence-corrected chi connectivity index (χ3v) is 7.64. The predicted octanol–water partition coefficient (Wildman–Crippen LogP) is -5.26. The predicted molar refractivity (Wildman–Crippen MR) is 125 cm³/mol. The van der Waals surface area contributed by atoms with Crippen molar-refractivity contribution in [3.63, 3.8) is 0 Å². The van der Waals surface area contributed by atoms with Crippen molar-refractivity contribution in [1.82, 2.24) is 4.90 Å². The van der Waals surface area contributed by atoms with Gasteiger partial charge in [-0.05, 0) is 23.3 Å². The Kier molecular flexibility index (Phi) is 6.67. The van der Waals surface area contributed by atoms with Gasteiger partial charge < -0.3 is 70.8 Å². The number of ether oxygens (including phenoxy) is 2. The zero-order valence-corrected chi connectivity index (χ0v) is 21.0. The maximum Gasteiger partial charge on any atom is 0.290 e. The van der Waals surface area contributed by atoms with Crippen LogP contribution in [-0.2, 0) is 13.0 Å². The molecule has 0 spiro atoms. The van der Waals surface area contributed by atoms with Gasteiger partial charge in [0.15, 0.2) is 17.1 Å². The van der Waals surface area contributed by atoms with Gasteiger partial charge in [-0.3, -0.25) is 4.79 Å². The third kappa shape index (κ3) is 3.39. The van der Waals surface area contributed by atoms with Crippen molar-refractivity contribution >= 4 is 5.78 Å². The van der Waals surface area contributed by atoms with Gasteiger partial charge in [-0.15, -0.1) is 0 Å². The number of methoxy groups -OCH3 is 2. The number of aliphatic hydroxyl groups is 12. The molecule has 1 aliphatic carbocycles. The molecular weight excluding hydrogens is 542 g/mol. The van der Waals surface area contributed by atoms with E-state index in [9.17, 15) is 66.1 Å². The fourth-order valence-electron chi connectivity index (χ4n) is 5.23. The van der Waals surface area contributed by atoms with E-state index in [1.54, 1.807) is 0 Å². The monoisotopic (exact) mass is 571 g/mol. The number of hydrogen-bond donors (Lipinski definition) is 12. The molecule has 40 heavy (non-hydrogen) atoms. The molecule has 1 saturated heterocycles. The molecule has 0 amide bonds. The summed E-state index contributed by atoms with van der Waals surface area (Å²) in [5.74, 6) is -25.8. The van der Waals surface area contributed by atoms with E-state index in [2.05, 4.69) is 0 Å². The Morgan fingerprint density at radius 1 is 0.800 bits per heavy atom. The van der Waals surface area contributed by atoms with Crippen LogP contribution in [0.15, 0.2) is 42.5 Å². The molecule has 0 radical (unpaired) electrons. The van der Waals surface area contributed by atoms with Crippen LogP contribution in [0.4, 0.5) is 0 Å². The van der Waals surface area contributed by atoms with E-state index in [1.807, 2.05) is 0 Å². The van der Waals surface area contributed by atoms with Crippen molar-refractivity contribution < 1.29 is 75.5 Å². The van der Waals surface area contributed by atoms with Crippen LogP contribution in [0, 0.1) is 0 Å². The quantitative estimate of drug-likeness (QED) is 0.144. The topological polar surface area (TPSA) is 282 Å². The summed E-state index contributed by atoms with van der Waals surface area (Å²) < 4.78 is 10.1. The second kappa shape index (κ2) is 8.84. The lowest BCUT2D eigenvalue weighted by Crippen LogP contribution is -2.98. The molecule has 16 nitrogen and oxygen atoms in total. The molecule has 0 bridgehead atoms. The summed E-state index contributed by atoms with van der Waals surface area (Å²) in [5.41, 5.74) is -9.71. The maximum atomic E-state index is 13.3. The maximum absolute atomic E-state index is 13.3. The molecule has 1 aliphatic heterocycles. The summed E-state index contributed by atoms with van der Waals surface area (Å²) in [4.78, 5) is 12.8. The smallest absolute Gasteiger partial charge is 0.290 e. The summed E-state index contributed by atoms with van der Waals surface area (Å²) in [6.45, 7) is -1.10. The summed E-state index contributed by atoms with van der Waals surface area (Å²) in [5, 5.41) is 131. The van der Waals surface area contributed by atoms with E-state index < -0.39 is 69.6 Å². The molecule has 220 valence electrons. The number of piperidine rings is 1. The highest BCUT2D eigenvalue weighted by Gasteiger charge is 2.92. The second-order valence-electron chi connectivity index (χ2n) is 9.80. The molecule has 0 aromatic heterocycles. The number of benzene rings is 2. The molecule has 1 atom stereocenters. The Bertz CT molecular complexity index is 1300. The van der Waals surface area contributed by atoms with E-state index >= 15 is 0 Å². The first-order valence-electron chi connectivity index (χ1n) is 11.5. The van der Waals surface area contributed by atoms with Gasteiger partial charge in [-0.25, -0.2) is 0 Å². The fourth-order valence-corrected chi connectivity index (χ4v) is 5.23. The highest BCUT2D eigenvalue weighted by Crippen LogP contribution is 2.57. The van der Waals surface area contributed by atoms with Gasteiger partial charge in [0.1, 0.15) is 0 Å². The molecule has 2 aromatic rings. The van der Waals surface area contributed by atoms with Crippen molar-refractivity contribution in [3.05, 3.63) is 59.2 Å². The zero-order chi connectivity index (χ0) is 30.3. The van der Waals surface area contributed by atoms with Gasteiger partial charge in [0.2, 0.25) is 17.2 Å². The molecule has 2 aliphatic rings.